The van der Waals surface area contributed by atoms with Crippen LogP contribution in [0.1, 0.15) is 10.4 Å². The summed E-state index contributed by atoms with van der Waals surface area (Å²) in [6, 6.07) is 9.14. The van der Waals surface area contributed by atoms with Gasteiger partial charge in [0.05, 0.1) is 41.1 Å². The minimum absolute atomic E-state index is 0.258. The zero-order valence-electron chi connectivity index (χ0n) is 15.0. The van der Waals surface area contributed by atoms with Gasteiger partial charge in [0.2, 0.25) is 0 Å². The molecule has 0 spiro atoms. The Morgan fingerprint density at radius 2 is 2.04 bits per heavy atom. The van der Waals surface area contributed by atoms with E-state index in [1.54, 1.807) is 0 Å². The molecule has 1 saturated heterocycles. The van der Waals surface area contributed by atoms with Crippen LogP contribution in [0.15, 0.2) is 30.3 Å². The minimum Gasteiger partial charge on any atom is -0.494 e. The van der Waals surface area contributed by atoms with Gasteiger partial charge in [0, 0.05) is 23.8 Å². The molecule has 3 aromatic rings. The molecule has 2 aromatic carbocycles. The van der Waals surface area contributed by atoms with E-state index in [2.05, 4.69) is 21.3 Å². The Labute approximate surface area is 176 Å². The van der Waals surface area contributed by atoms with Crippen molar-refractivity contribution in [1.29, 1.82) is 0 Å². The van der Waals surface area contributed by atoms with Crippen LogP contribution in [0.2, 0.25) is 10.0 Å². The highest BCUT2D eigenvalue weighted by atomic mass is 35.5. The van der Waals surface area contributed by atoms with Gasteiger partial charge >= 0.3 is 0 Å². The number of benzene rings is 2. The van der Waals surface area contributed by atoms with E-state index in [1.165, 1.54) is 30.6 Å². The van der Waals surface area contributed by atoms with Crippen molar-refractivity contribution in [3.63, 3.8) is 0 Å². The van der Waals surface area contributed by atoms with Crippen molar-refractivity contribution in [2.45, 2.75) is 0 Å². The Bertz CT molecular complexity index is 1030. The van der Waals surface area contributed by atoms with Gasteiger partial charge in [-0.05, 0) is 30.3 Å². The molecule has 6 nitrogen and oxygen atoms in total. The topological polar surface area (TPSA) is 63.7 Å². The highest BCUT2D eigenvalue weighted by Gasteiger charge is 2.19. The first-order valence-electron chi connectivity index (χ1n) is 8.63. The number of nitrogens with one attached hydrogen (secondary N) is 1. The summed E-state index contributed by atoms with van der Waals surface area (Å²) in [5.74, 6) is -0.104. The number of methoxy groups -OCH3 is 1. The molecule has 0 bridgehead atoms. The Hall–Kier alpha value is -2.06. The van der Waals surface area contributed by atoms with Gasteiger partial charge in [-0.1, -0.05) is 34.5 Å². The van der Waals surface area contributed by atoms with Gasteiger partial charge in [0.15, 0.2) is 5.13 Å². The Morgan fingerprint density at radius 1 is 1.25 bits per heavy atom. The molecule has 9 heteroatoms. The number of hydrogen-bond donors (Lipinski definition) is 1. The van der Waals surface area contributed by atoms with E-state index < -0.39 is 0 Å². The highest BCUT2D eigenvalue weighted by molar-refractivity contribution is 7.22. The van der Waals surface area contributed by atoms with Gasteiger partial charge in [-0.2, -0.15) is 0 Å². The lowest BCUT2D eigenvalue weighted by molar-refractivity contribution is 0.102. The molecule has 1 N–H and O–H groups in total. The third-order valence-electron chi connectivity index (χ3n) is 4.43. The zero-order chi connectivity index (χ0) is 19.7. The number of anilines is 2. The van der Waals surface area contributed by atoms with Crippen molar-refractivity contribution in [2.24, 2.45) is 0 Å². The Morgan fingerprint density at radius 3 is 2.79 bits per heavy atom. The van der Waals surface area contributed by atoms with Gasteiger partial charge in [-0.3, -0.25) is 10.1 Å². The van der Waals surface area contributed by atoms with Crippen molar-refractivity contribution >= 4 is 61.5 Å². The molecule has 1 aromatic heterocycles. The highest BCUT2D eigenvalue weighted by Crippen LogP contribution is 2.34. The minimum atomic E-state index is -0.381. The summed E-state index contributed by atoms with van der Waals surface area (Å²) in [4.78, 5) is 19.5. The van der Waals surface area contributed by atoms with Crippen molar-refractivity contribution in [1.82, 2.24) is 4.98 Å². The summed E-state index contributed by atoms with van der Waals surface area (Å²) in [5.41, 5.74) is 2.21. The van der Waals surface area contributed by atoms with Crippen molar-refractivity contribution in [2.75, 3.05) is 43.6 Å². The number of aromatic nitrogens is 1. The van der Waals surface area contributed by atoms with Crippen LogP contribution >= 0.6 is 34.5 Å². The number of halogens is 2. The number of carbonyl (C=O) groups excluding carboxylic acids is 1. The molecule has 28 heavy (non-hydrogen) atoms. The lowest BCUT2D eigenvalue weighted by atomic mass is 10.2. The monoisotopic (exact) mass is 437 g/mol. The lowest BCUT2D eigenvalue weighted by Gasteiger charge is -2.28. The number of fused-ring (bicyclic) bond motifs is 1. The summed E-state index contributed by atoms with van der Waals surface area (Å²) < 4.78 is 11.6. The second-order valence-electron chi connectivity index (χ2n) is 6.19. The van der Waals surface area contributed by atoms with E-state index in [-0.39, 0.29) is 22.2 Å². The van der Waals surface area contributed by atoms with Crippen LogP contribution < -0.4 is 15.0 Å². The average molecular weight is 438 g/mol. The first-order chi connectivity index (χ1) is 13.5. The number of ether oxygens (including phenoxy) is 2. The molecule has 4 rings (SSSR count). The predicted molar refractivity (Wildman–Crippen MR) is 114 cm³/mol. The fraction of sp³-hybridized carbons (Fsp3) is 0.263. The standard InChI is InChI=1S/C19H17Cl2N3O3S/c1-26-17-13(8-11(20)9-14(17)21)18(25)23-19-22-15-3-2-12(10-16(15)28-19)24-4-6-27-7-5-24/h2-3,8-10H,4-7H2,1H3,(H,22,23,25). The molecule has 0 atom stereocenters. The van der Waals surface area contributed by atoms with E-state index >= 15 is 0 Å². The van der Waals surface area contributed by atoms with E-state index in [1.807, 2.05) is 12.1 Å². The number of carbonyl (C=O) groups is 1. The SMILES string of the molecule is COc1c(Cl)cc(Cl)cc1C(=O)Nc1nc2ccc(N3CCOCC3)cc2s1. The smallest absolute Gasteiger partial charge is 0.261 e. The van der Waals surface area contributed by atoms with Crippen LogP contribution in [0.4, 0.5) is 10.8 Å². The van der Waals surface area contributed by atoms with Gasteiger partial charge in [0.25, 0.3) is 5.91 Å². The molecule has 146 valence electrons. The largest absolute Gasteiger partial charge is 0.494 e. The quantitative estimate of drug-likeness (QED) is 0.640. The number of hydrogen-bond acceptors (Lipinski definition) is 6. The predicted octanol–water partition coefficient (Wildman–Crippen LogP) is 4.70. The zero-order valence-corrected chi connectivity index (χ0v) is 17.3. The summed E-state index contributed by atoms with van der Waals surface area (Å²) in [6.45, 7) is 3.19. The molecule has 0 unspecified atom stereocenters. The van der Waals surface area contributed by atoms with Gasteiger partial charge in [-0.25, -0.2) is 4.98 Å². The van der Waals surface area contributed by atoms with Crippen molar-refractivity contribution < 1.29 is 14.3 Å². The molecule has 1 aliphatic rings. The maximum Gasteiger partial charge on any atom is 0.261 e. The molecule has 0 saturated carbocycles. The van der Waals surface area contributed by atoms with Gasteiger partial charge < -0.3 is 14.4 Å². The summed E-state index contributed by atoms with van der Waals surface area (Å²) in [7, 11) is 1.46. The maximum atomic E-state index is 12.7. The number of amides is 1. The molecule has 2 heterocycles. The molecule has 0 aliphatic carbocycles. The molecular formula is C19H17Cl2N3O3S. The van der Waals surface area contributed by atoms with Crippen LogP contribution in [0.5, 0.6) is 5.75 Å². The summed E-state index contributed by atoms with van der Waals surface area (Å²) >= 11 is 13.6. The summed E-state index contributed by atoms with van der Waals surface area (Å²) in [6.07, 6.45) is 0. The second-order valence-corrected chi connectivity index (χ2v) is 8.07. The third-order valence-corrected chi connectivity index (χ3v) is 5.86. The Kier molecular flexibility index (Phi) is 5.59. The van der Waals surface area contributed by atoms with Crippen LogP contribution in [0.25, 0.3) is 10.2 Å². The van der Waals surface area contributed by atoms with Crippen molar-refractivity contribution in [3.8, 4) is 5.75 Å². The van der Waals surface area contributed by atoms with Crippen LogP contribution in [-0.2, 0) is 4.74 Å². The van der Waals surface area contributed by atoms with Gasteiger partial charge in [-0.15, -0.1) is 0 Å². The maximum absolute atomic E-state index is 12.7. The average Bonchev–Trinajstić information content (AvgIpc) is 3.09. The van der Waals surface area contributed by atoms with E-state index in [4.69, 9.17) is 32.7 Å². The molecular weight excluding hydrogens is 421 g/mol. The molecule has 1 aliphatic heterocycles. The van der Waals surface area contributed by atoms with Gasteiger partial charge in [0.1, 0.15) is 5.75 Å². The Balaban J connectivity index is 1.59. The van der Waals surface area contributed by atoms with E-state index in [0.29, 0.717) is 10.2 Å². The number of rotatable bonds is 4. The fourth-order valence-corrected chi connectivity index (χ4v) is 4.55. The summed E-state index contributed by atoms with van der Waals surface area (Å²) in [5, 5.41) is 3.95. The number of nitrogens with zero attached hydrogens (tertiary/aromatic N) is 2. The third kappa shape index (κ3) is 3.89. The molecule has 1 amide bonds. The van der Waals surface area contributed by atoms with E-state index in [9.17, 15) is 4.79 Å². The molecule has 1 fully saturated rings. The fourth-order valence-electron chi connectivity index (χ4n) is 3.09. The number of thiazole rings is 1. The number of morpholine rings is 1. The van der Waals surface area contributed by atoms with Crippen LogP contribution in [-0.4, -0.2) is 44.3 Å². The first kappa shape index (κ1) is 19.3. The second kappa shape index (κ2) is 8.13. The van der Waals surface area contributed by atoms with Crippen LogP contribution in [0.3, 0.4) is 0 Å². The van der Waals surface area contributed by atoms with Crippen molar-refractivity contribution in [3.05, 3.63) is 45.9 Å². The lowest BCUT2D eigenvalue weighted by Crippen LogP contribution is -2.36. The first-order valence-corrected chi connectivity index (χ1v) is 10.2. The molecule has 0 radical (unpaired) electrons. The normalized spacial score (nSPS) is 14.3. The van der Waals surface area contributed by atoms with E-state index in [0.717, 1.165) is 42.2 Å². The van der Waals surface area contributed by atoms with Crippen LogP contribution in [0, 0.1) is 0 Å².